The number of aromatic nitrogens is 1. The molecule has 1 aromatic heterocycles. The molecule has 1 amide bonds. The molecule has 1 saturated carbocycles. The molecule has 0 radical (unpaired) electrons. The molecule has 0 spiro atoms. The summed E-state index contributed by atoms with van der Waals surface area (Å²) in [5, 5.41) is 12.7. The summed E-state index contributed by atoms with van der Waals surface area (Å²) in [7, 11) is 0. The third-order valence-corrected chi connectivity index (χ3v) is 3.80. The summed E-state index contributed by atoms with van der Waals surface area (Å²) >= 11 is 5.96. The van der Waals surface area contributed by atoms with Gasteiger partial charge in [0.2, 0.25) is 0 Å². The lowest BCUT2D eigenvalue weighted by Gasteiger charge is -2.30. The number of hydrogen-bond donors (Lipinski definition) is 2. The highest BCUT2D eigenvalue weighted by molar-refractivity contribution is 6.33. The number of rotatable bonds is 3. The van der Waals surface area contributed by atoms with E-state index in [9.17, 15) is 9.90 Å². The second kappa shape index (κ2) is 6.16. The van der Waals surface area contributed by atoms with Gasteiger partial charge in [-0.25, -0.2) is 0 Å². The number of halogens is 1. The van der Waals surface area contributed by atoms with Gasteiger partial charge in [0.15, 0.2) is 0 Å². The summed E-state index contributed by atoms with van der Waals surface area (Å²) in [4.78, 5) is 16.0. The molecule has 18 heavy (non-hydrogen) atoms. The summed E-state index contributed by atoms with van der Waals surface area (Å²) in [6.45, 7) is 0.117. The molecule has 2 rings (SSSR count). The van der Waals surface area contributed by atoms with Gasteiger partial charge < -0.3 is 10.4 Å². The molecule has 1 aromatic rings. The van der Waals surface area contributed by atoms with Crippen LogP contribution in [0.15, 0.2) is 18.5 Å². The van der Waals surface area contributed by atoms with Crippen LogP contribution in [-0.4, -0.2) is 28.6 Å². The molecule has 1 aliphatic carbocycles. The number of aliphatic hydroxyl groups is 1. The molecule has 1 heterocycles. The SMILES string of the molecule is O=C(NC1CCCCC1CO)c1cnccc1Cl. The normalized spacial score (nSPS) is 23.7. The van der Waals surface area contributed by atoms with Crippen LogP contribution in [0.4, 0.5) is 0 Å². The molecule has 98 valence electrons. The fourth-order valence-corrected chi connectivity index (χ4v) is 2.60. The first-order valence-electron chi connectivity index (χ1n) is 6.23. The lowest BCUT2D eigenvalue weighted by atomic mass is 9.85. The lowest BCUT2D eigenvalue weighted by Crippen LogP contribution is -2.43. The van der Waals surface area contributed by atoms with Crippen LogP contribution in [-0.2, 0) is 0 Å². The van der Waals surface area contributed by atoms with E-state index in [1.165, 1.54) is 6.20 Å². The Hall–Kier alpha value is -1.13. The lowest BCUT2D eigenvalue weighted by molar-refractivity contribution is 0.0872. The molecule has 2 unspecified atom stereocenters. The van der Waals surface area contributed by atoms with Crippen LogP contribution in [0.2, 0.25) is 5.02 Å². The number of nitrogens with zero attached hydrogens (tertiary/aromatic N) is 1. The number of pyridine rings is 1. The Balaban J connectivity index is 2.04. The summed E-state index contributed by atoms with van der Waals surface area (Å²) in [5.74, 6) is -0.0587. The van der Waals surface area contributed by atoms with Crippen molar-refractivity contribution in [3.05, 3.63) is 29.0 Å². The highest BCUT2D eigenvalue weighted by atomic mass is 35.5. The van der Waals surface area contributed by atoms with Gasteiger partial charge in [0, 0.05) is 31.0 Å². The Kier molecular flexibility index (Phi) is 4.55. The van der Waals surface area contributed by atoms with Gasteiger partial charge in [0.25, 0.3) is 5.91 Å². The molecule has 1 aliphatic rings. The molecule has 1 fully saturated rings. The highest BCUT2D eigenvalue weighted by Gasteiger charge is 2.26. The average Bonchev–Trinajstić information content (AvgIpc) is 2.39. The maximum atomic E-state index is 12.1. The topological polar surface area (TPSA) is 62.2 Å². The Morgan fingerprint density at radius 2 is 2.28 bits per heavy atom. The van der Waals surface area contributed by atoms with Crippen molar-refractivity contribution in [1.29, 1.82) is 0 Å². The van der Waals surface area contributed by atoms with E-state index in [1.54, 1.807) is 12.3 Å². The van der Waals surface area contributed by atoms with Gasteiger partial charge in [-0.15, -0.1) is 0 Å². The molecule has 2 N–H and O–H groups in total. The molecule has 5 heteroatoms. The number of carbonyl (C=O) groups is 1. The first kappa shape index (κ1) is 13.3. The van der Waals surface area contributed by atoms with Crippen molar-refractivity contribution >= 4 is 17.5 Å². The van der Waals surface area contributed by atoms with E-state index in [4.69, 9.17) is 11.6 Å². The third kappa shape index (κ3) is 3.00. The Labute approximate surface area is 111 Å². The van der Waals surface area contributed by atoms with Crippen molar-refractivity contribution in [1.82, 2.24) is 10.3 Å². The van der Waals surface area contributed by atoms with Crippen molar-refractivity contribution in [3.63, 3.8) is 0 Å². The fourth-order valence-electron chi connectivity index (χ4n) is 2.41. The van der Waals surface area contributed by atoms with Crippen molar-refractivity contribution in [2.45, 2.75) is 31.7 Å². The molecule has 2 atom stereocenters. The number of nitrogens with one attached hydrogen (secondary N) is 1. The zero-order chi connectivity index (χ0) is 13.0. The van der Waals surface area contributed by atoms with E-state index in [2.05, 4.69) is 10.3 Å². The van der Waals surface area contributed by atoms with E-state index in [0.717, 1.165) is 25.7 Å². The van der Waals surface area contributed by atoms with Crippen LogP contribution in [0.3, 0.4) is 0 Å². The maximum Gasteiger partial charge on any atom is 0.254 e. The van der Waals surface area contributed by atoms with Gasteiger partial charge in [-0.1, -0.05) is 24.4 Å². The van der Waals surface area contributed by atoms with Crippen molar-refractivity contribution in [3.8, 4) is 0 Å². The molecule has 0 aromatic carbocycles. The minimum atomic E-state index is -0.210. The maximum absolute atomic E-state index is 12.1. The number of carbonyl (C=O) groups excluding carboxylic acids is 1. The Morgan fingerprint density at radius 1 is 1.50 bits per heavy atom. The van der Waals surface area contributed by atoms with Crippen molar-refractivity contribution < 1.29 is 9.90 Å². The van der Waals surface area contributed by atoms with Crippen LogP contribution >= 0.6 is 11.6 Å². The van der Waals surface area contributed by atoms with Crippen LogP contribution in [0.1, 0.15) is 36.0 Å². The largest absolute Gasteiger partial charge is 0.396 e. The van der Waals surface area contributed by atoms with Gasteiger partial charge >= 0.3 is 0 Å². The number of amides is 1. The second-order valence-corrected chi connectivity index (χ2v) is 5.07. The quantitative estimate of drug-likeness (QED) is 0.882. The summed E-state index contributed by atoms with van der Waals surface area (Å²) in [6, 6.07) is 1.63. The molecular formula is C13H17ClN2O2. The average molecular weight is 269 g/mol. The van der Waals surface area contributed by atoms with Crippen LogP contribution in [0, 0.1) is 5.92 Å². The van der Waals surface area contributed by atoms with Crippen molar-refractivity contribution in [2.75, 3.05) is 6.61 Å². The van der Waals surface area contributed by atoms with Crippen LogP contribution in [0.5, 0.6) is 0 Å². The zero-order valence-electron chi connectivity index (χ0n) is 10.1. The molecule has 0 bridgehead atoms. The predicted octanol–water partition coefficient (Wildman–Crippen LogP) is 2.02. The Morgan fingerprint density at radius 3 is 3.00 bits per heavy atom. The first-order chi connectivity index (χ1) is 8.72. The van der Waals surface area contributed by atoms with E-state index >= 15 is 0 Å². The first-order valence-corrected chi connectivity index (χ1v) is 6.61. The fraction of sp³-hybridized carbons (Fsp3) is 0.538. The third-order valence-electron chi connectivity index (χ3n) is 3.47. The standard InChI is InChI=1S/C13H17ClN2O2/c14-11-5-6-15-7-10(11)13(18)16-12-4-2-1-3-9(12)8-17/h5-7,9,12,17H,1-4,8H2,(H,16,18). The zero-order valence-corrected chi connectivity index (χ0v) is 10.9. The highest BCUT2D eigenvalue weighted by Crippen LogP contribution is 2.24. The predicted molar refractivity (Wildman–Crippen MR) is 69.5 cm³/mol. The van der Waals surface area contributed by atoms with E-state index < -0.39 is 0 Å². The van der Waals surface area contributed by atoms with E-state index in [-0.39, 0.29) is 24.5 Å². The molecule has 4 nitrogen and oxygen atoms in total. The number of hydrogen-bond acceptors (Lipinski definition) is 3. The van der Waals surface area contributed by atoms with E-state index in [1.807, 2.05) is 0 Å². The minimum Gasteiger partial charge on any atom is -0.396 e. The molecular weight excluding hydrogens is 252 g/mol. The van der Waals surface area contributed by atoms with Gasteiger partial charge in [-0.2, -0.15) is 0 Å². The van der Waals surface area contributed by atoms with Gasteiger partial charge in [-0.05, 0) is 18.9 Å². The minimum absolute atomic E-state index is 0.0347. The van der Waals surface area contributed by atoms with Crippen molar-refractivity contribution in [2.24, 2.45) is 5.92 Å². The van der Waals surface area contributed by atoms with Gasteiger partial charge in [0.05, 0.1) is 10.6 Å². The number of aliphatic hydroxyl groups excluding tert-OH is 1. The Bertz CT molecular complexity index is 425. The monoisotopic (exact) mass is 268 g/mol. The second-order valence-electron chi connectivity index (χ2n) is 4.66. The van der Waals surface area contributed by atoms with E-state index in [0.29, 0.717) is 10.6 Å². The summed E-state index contributed by atoms with van der Waals surface area (Å²) in [6.07, 6.45) is 7.09. The smallest absolute Gasteiger partial charge is 0.254 e. The molecule has 0 aliphatic heterocycles. The van der Waals surface area contributed by atoms with Crippen LogP contribution in [0.25, 0.3) is 0 Å². The summed E-state index contributed by atoms with van der Waals surface area (Å²) < 4.78 is 0. The van der Waals surface area contributed by atoms with Gasteiger partial charge in [0.1, 0.15) is 0 Å². The van der Waals surface area contributed by atoms with Crippen LogP contribution < -0.4 is 5.32 Å². The molecule has 0 saturated heterocycles. The van der Waals surface area contributed by atoms with Gasteiger partial charge in [-0.3, -0.25) is 9.78 Å². The summed E-state index contributed by atoms with van der Waals surface area (Å²) in [5.41, 5.74) is 0.390.